The average molecular weight is 456 g/mol. The second-order valence-corrected chi connectivity index (χ2v) is 8.69. The van der Waals surface area contributed by atoms with Crippen LogP contribution in [0.5, 0.6) is 17.2 Å². The Bertz CT molecular complexity index is 1090. The van der Waals surface area contributed by atoms with E-state index in [2.05, 4.69) is 0 Å². The van der Waals surface area contributed by atoms with Gasteiger partial charge >= 0.3 is 0 Å². The van der Waals surface area contributed by atoms with Gasteiger partial charge in [-0.3, -0.25) is 9.59 Å². The smallest absolute Gasteiger partial charge is 0.246 e. The standard InChI is InChI=1S/C25H26ClNO5/c1-16-12-18(26)13-20-21(28)15-25(32-24(16)20)8-10-27(11-9-25)23(29)7-5-17-4-6-19(30-2)14-22(17)31-3/h4-7,12-14H,8-11,15H2,1-3H3/b7-5+. The second-order valence-electron chi connectivity index (χ2n) is 8.25. The Kier molecular flexibility index (Phi) is 6.15. The van der Waals surface area contributed by atoms with Crippen molar-refractivity contribution in [1.29, 1.82) is 0 Å². The van der Waals surface area contributed by atoms with Crippen LogP contribution in [0.15, 0.2) is 36.4 Å². The molecule has 0 saturated carbocycles. The minimum atomic E-state index is -0.567. The van der Waals surface area contributed by atoms with E-state index in [0.717, 1.165) is 11.1 Å². The third-order valence-electron chi connectivity index (χ3n) is 6.17. The number of methoxy groups -OCH3 is 2. The number of benzene rings is 2. The summed E-state index contributed by atoms with van der Waals surface area (Å²) in [4.78, 5) is 27.4. The highest BCUT2D eigenvalue weighted by Gasteiger charge is 2.44. The number of amides is 1. The Morgan fingerprint density at radius 1 is 1.16 bits per heavy atom. The highest BCUT2D eigenvalue weighted by Crippen LogP contribution is 2.42. The molecule has 0 aromatic heterocycles. The van der Waals surface area contributed by atoms with Gasteiger partial charge in [0.1, 0.15) is 22.8 Å². The fourth-order valence-corrected chi connectivity index (χ4v) is 4.62. The number of carbonyl (C=O) groups excluding carboxylic acids is 2. The number of hydrogen-bond donors (Lipinski definition) is 0. The van der Waals surface area contributed by atoms with Gasteiger partial charge < -0.3 is 19.1 Å². The number of nitrogens with zero attached hydrogens (tertiary/aromatic N) is 1. The molecule has 2 aromatic carbocycles. The predicted molar refractivity (Wildman–Crippen MR) is 123 cm³/mol. The molecule has 6 nitrogen and oxygen atoms in total. The number of ketones is 1. The van der Waals surface area contributed by atoms with Gasteiger partial charge in [-0.15, -0.1) is 0 Å². The zero-order chi connectivity index (χ0) is 22.9. The van der Waals surface area contributed by atoms with E-state index in [1.165, 1.54) is 0 Å². The normalized spacial score (nSPS) is 17.2. The quantitative estimate of drug-likeness (QED) is 0.625. The van der Waals surface area contributed by atoms with Crippen molar-refractivity contribution in [1.82, 2.24) is 4.90 Å². The number of fused-ring (bicyclic) bond motifs is 1. The Morgan fingerprint density at radius 2 is 1.91 bits per heavy atom. The van der Waals surface area contributed by atoms with Gasteiger partial charge in [0.15, 0.2) is 5.78 Å². The summed E-state index contributed by atoms with van der Waals surface area (Å²) in [5.41, 5.74) is 1.63. The van der Waals surface area contributed by atoms with Crippen LogP contribution >= 0.6 is 11.6 Å². The maximum absolute atomic E-state index is 12.8. The number of rotatable bonds is 4. The molecule has 0 radical (unpaired) electrons. The molecule has 2 aliphatic heterocycles. The lowest BCUT2D eigenvalue weighted by Crippen LogP contribution is -2.52. The number of piperidine rings is 1. The molecule has 0 atom stereocenters. The van der Waals surface area contributed by atoms with E-state index in [4.69, 9.17) is 25.8 Å². The molecule has 7 heteroatoms. The Labute approximate surface area is 192 Å². The molecule has 168 valence electrons. The van der Waals surface area contributed by atoms with Crippen LogP contribution in [0.2, 0.25) is 5.02 Å². The first-order valence-corrected chi connectivity index (χ1v) is 10.9. The molecule has 1 amide bonds. The summed E-state index contributed by atoms with van der Waals surface area (Å²) in [5.74, 6) is 1.91. The zero-order valence-corrected chi connectivity index (χ0v) is 19.2. The third-order valence-corrected chi connectivity index (χ3v) is 6.39. The monoisotopic (exact) mass is 455 g/mol. The van der Waals surface area contributed by atoms with Crippen LogP contribution < -0.4 is 14.2 Å². The number of ether oxygens (including phenoxy) is 3. The van der Waals surface area contributed by atoms with Crippen molar-refractivity contribution < 1.29 is 23.8 Å². The second kappa shape index (κ2) is 8.87. The van der Waals surface area contributed by atoms with Gasteiger partial charge in [-0.05, 0) is 42.8 Å². The van der Waals surface area contributed by atoms with E-state index in [0.29, 0.717) is 60.2 Å². The number of Topliss-reactive ketones (excluding diaryl/α,β-unsaturated/α-hetero) is 1. The molecule has 0 N–H and O–H groups in total. The molecule has 1 saturated heterocycles. The lowest BCUT2D eigenvalue weighted by Gasteiger charge is -2.44. The first-order chi connectivity index (χ1) is 15.3. The number of halogens is 1. The summed E-state index contributed by atoms with van der Waals surface area (Å²) in [6.07, 6.45) is 4.81. The Balaban J connectivity index is 1.43. The van der Waals surface area contributed by atoms with Gasteiger partial charge in [0.2, 0.25) is 5.91 Å². The van der Waals surface area contributed by atoms with Gasteiger partial charge in [-0.2, -0.15) is 0 Å². The van der Waals surface area contributed by atoms with Crippen LogP contribution in [0.1, 0.15) is 40.7 Å². The highest BCUT2D eigenvalue weighted by molar-refractivity contribution is 6.31. The van der Waals surface area contributed by atoms with Crippen LogP contribution in [-0.4, -0.2) is 49.5 Å². The summed E-state index contributed by atoms with van der Waals surface area (Å²) in [5, 5.41) is 0.537. The van der Waals surface area contributed by atoms with Crippen LogP contribution in [-0.2, 0) is 4.79 Å². The van der Waals surface area contributed by atoms with Crippen LogP contribution in [0.3, 0.4) is 0 Å². The SMILES string of the molecule is COc1ccc(/C=C/C(=O)N2CCC3(CC2)CC(=O)c2cc(Cl)cc(C)c2O3)c(OC)c1. The van der Waals surface area contributed by atoms with E-state index >= 15 is 0 Å². The first kappa shape index (κ1) is 22.2. The molecule has 0 aliphatic carbocycles. The largest absolute Gasteiger partial charge is 0.497 e. The molecule has 0 bridgehead atoms. The summed E-state index contributed by atoms with van der Waals surface area (Å²) in [6, 6.07) is 8.93. The fourth-order valence-electron chi connectivity index (χ4n) is 4.35. The van der Waals surface area contributed by atoms with E-state index in [9.17, 15) is 9.59 Å². The van der Waals surface area contributed by atoms with Crippen molar-refractivity contribution in [2.24, 2.45) is 0 Å². The van der Waals surface area contributed by atoms with Gasteiger partial charge in [0.25, 0.3) is 0 Å². The summed E-state index contributed by atoms with van der Waals surface area (Å²) in [6.45, 7) is 2.95. The van der Waals surface area contributed by atoms with Crippen LogP contribution in [0.4, 0.5) is 0 Å². The van der Waals surface area contributed by atoms with Crippen LogP contribution in [0, 0.1) is 6.92 Å². The number of hydrogen-bond acceptors (Lipinski definition) is 5. The first-order valence-electron chi connectivity index (χ1n) is 10.6. The number of likely N-dealkylation sites (tertiary alicyclic amines) is 1. The van der Waals surface area contributed by atoms with E-state index < -0.39 is 5.60 Å². The van der Waals surface area contributed by atoms with Crippen molar-refractivity contribution >= 4 is 29.4 Å². The third kappa shape index (κ3) is 4.32. The lowest BCUT2D eigenvalue weighted by molar-refractivity contribution is -0.129. The molecule has 32 heavy (non-hydrogen) atoms. The van der Waals surface area contributed by atoms with Crippen molar-refractivity contribution in [3.8, 4) is 17.2 Å². The van der Waals surface area contributed by atoms with Gasteiger partial charge in [-0.25, -0.2) is 0 Å². The average Bonchev–Trinajstić information content (AvgIpc) is 2.79. The van der Waals surface area contributed by atoms with Gasteiger partial charge in [-0.1, -0.05) is 11.6 Å². The molecule has 1 spiro atoms. The molecule has 1 fully saturated rings. The molecule has 2 heterocycles. The maximum Gasteiger partial charge on any atom is 0.246 e. The molecule has 2 aliphatic rings. The lowest BCUT2D eigenvalue weighted by atomic mass is 9.82. The van der Waals surface area contributed by atoms with Crippen molar-refractivity contribution in [3.05, 3.63) is 58.1 Å². The molecular formula is C25H26ClNO5. The fraction of sp³-hybridized carbons (Fsp3) is 0.360. The van der Waals surface area contributed by atoms with E-state index in [1.807, 2.05) is 25.1 Å². The highest BCUT2D eigenvalue weighted by atomic mass is 35.5. The maximum atomic E-state index is 12.8. The molecule has 4 rings (SSSR count). The van der Waals surface area contributed by atoms with Gasteiger partial charge in [0.05, 0.1) is 26.2 Å². The molecular weight excluding hydrogens is 430 g/mol. The predicted octanol–water partition coefficient (Wildman–Crippen LogP) is 4.71. The topological polar surface area (TPSA) is 65.1 Å². The Hall–Kier alpha value is -2.99. The molecule has 2 aromatic rings. The summed E-state index contributed by atoms with van der Waals surface area (Å²) >= 11 is 6.11. The zero-order valence-electron chi connectivity index (χ0n) is 18.4. The van der Waals surface area contributed by atoms with Gasteiger partial charge in [0, 0.05) is 48.7 Å². The van der Waals surface area contributed by atoms with Crippen molar-refractivity contribution in [2.45, 2.75) is 31.8 Å². The van der Waals surface area contributed by atoms with Crippen molar-refractivity contribution in [3.63, 3.8) is 0 Å². The summed E-state index contributed by atoms with van der Waals surface area (Å²) < 4.78 is 17.0. The minimum Gasteiger partial charge on any atom is -0.497 e. The van der Waals surface area contributed by atoms with Crippen LogP contribution in [0.25, 0.3) is 6.08 Å². The number of carbonyl (C=O) groups is 2. The molecule has 0 unspecified atom stereocenters. The Morgan fingerprint density at radius 3 is 2.59 bits per heavy atom. The minimum absolute atomic E-state index is 0.0446. The van der Waals surface area contributed by atoms with E-state index in [1.54, 1.807) is 43.4 Å². The summed E-state index contributed by atoms with van der Waals surface area (Å²) in [7, 11) is 3.17. The van der Waals surface area contributed by atoms with E-state index in [-0.39, 0.29) is 11.7 Å². The van der Waals surface area contributed by atoms with Crippen molar-refractivity contribution in [2.75, 3.05) is 27.3 Å². The number of aryl methyl sites for hydroxylation is 1.